The van der Waals surface area contributed by atoms with Crippen LogP contribution in [0.25, 0.3) is 10.8 Å². The van der Waals surface area contributed by atoms with Gasteiger partial charge < -0.3 is 33.3 Å². The molecule has 0 saturated carbocycles. The van der Waals surface area contributed by atoms with Crippen molar-refractivity contribution in [2.45, 2.75) is 84.5 Å². The van der Waals surface area contributed by atoms with Crippen LogP contribution in [0.4, 0.5) is 16.3 Å². The molecule has 2 fully saturated rings. The molecule has 0 aliphatic carbocycles. The van der Waals surface area contributed by atoms with Crippen LogP contribution in [0.15, 0.2) is 97.1 Å². The van der Waals surface area contributed by atoms with Gasteiger partial charge in [-0.25, -0.2) is 4.79 Å². The maximum Gasteiger partial charge on any atom is 0.410 e. The predicted octanol–water partition coefficient (Wildman–Crippen LogP) is 7.60. The highest BCUT2D eigenvalue weighted by atomic mass is 28.4. The van der Waals surface area contributed by atoms with Crippen molar-refractivity contribution in [3.8, 4) is 6.01 Å². The number of aromatic nitrogens is 2. The first-order chi connectivity index (χ1) is 30.3. The summed E-state index contributed by atoms with van der Waals surface area (Å²) in [4.78, 5) is 33.5. The monoisotopic (exact) mass is 870 g/mol. The third kappa shape index (κ3) is 10.0. The van der Waals surface area contributed by atoms with Crippen LogP contribution >= 0.6 is 0 Å². The average Bonchev–Trinajstić information content (AvgIpc) is 3.27. The first kappa shape index (κ1) is 44.6. The molecule has 1 aromatic heterocycles. The van der Waals surface area contributed by atoms with Gasteiger partial charge in [-0.2, -0.15) is 9.97 Å². The number of rotatable bonds is 12. The Morgan fingerprint density at radius 1 is 0.825 bits per heavy atom. The fourth-order valence-corrected chi connectivity index (χ4v) is 14.2. The minimum atomic E-state index is -2.94. The lowest BCUT2D eigenvalue weighted by molar-refractivity contribution is 0.0199. The van der Waals surface area contributed by atoms with E-state index in [4.69, 9.17) is 28.6 Å². The summed E-state index contributed by atoms with van der Waals surface area (Å²) >= 11 is 0. The Hall–Kier alpha value is -5.01. The number of ether oxygens (including phenoxy) is 3. The molecule has 1 unspecified atom stereocenters. The molecular weight excluding hydrogens is 805 g/mol. The third-order valence-corrected chi connectivity index (χ3v) is 17.6. The summed E-state index contributed by atoms with van der Waals surface area (Å²) < 4.78 is 25.7. The van der Waals surface area contributed by atoms with E-state index in [1.165, 1.54) is 32.4 Å². The number of nitrogens with zero attached hydrogens (tertiary/aromatic N) is 6. The molecule has 1 atom stereocenters. The summed E-state index contributed by atoms with van der Waals surface area (Å²) in [7, 11) is -2.94. The van der Waals surface area contributed by atoms with Gasteiger partial charge in [0.1, 0.15) is 11.4 Å². The molecule has 0 N–H and O–H groups in total. The van der Waals surface area contributed by atoms with Gasteiger partial charge >= 0.3 is 12.1 Å². The third-order valence-electron chi connectivity index (χ3n) is 12.6. The van der Waals surface area contributed by atoms with Gasteiger partial charge in [-0.15, -0.1) is 0 Å². The Kier molecular flexibility index (Phi) is 13.4. The summed E-state index contributed by atoms with van der Waals surface area (Å²) in [6, 6.07) is 34.8. The number of fused-ring (bicyclic) bond motifs is 2. The molecule has 334 valence electrons. The normalized spacial score (nSPS) is 17.8. The van der Waals surface area contributed by atoms with Gasteiger partial charge in [0.05, 0.1) is 44.7 Å². The molecular formula is C51H66N6O5Si. The second-order valence-electron chi connectivity index (χ2n) is 19.3. The second-order valence-corrected chi connectivity index (χ2v) is 23.6. The zero-order chi connectivity index (χ0) is 44.2. The van der Waals surface area contributed by atoms with E-state index in [1.54, 1.807) is 0 Å². The first-order valence-electron chi connectivity index (χ1n) is 22.9. The molecule has 12 heteroatoms. The van der Waals surface area contributed by atoms with Crippen molar-refractivity contribution >= 4 is 47.1 Å². The largest absolute Gasteiger partial charge is 0.463 e. The molecule has 0 radical (unpaired) electrons. The summed E-state index contributed by atoms with van der Waals surface area (Å²) in [5.41, 5.74) is 3.93. The van der Waals surface area contributed by atoms with Crippen LogP contribution in [-0.2, 0) is 26.9 Å². The number of aryl methyl sites for hydroxylation is 1. The number of carbonyl (C=O) groups excluding carboxylic acids is 1. The van der Waals surface area contributed by atoms with Crippen molar-refractivity contribution in [1.29, 1.82) is 0 Å². The molecule has 8 rings (SSSR count). The van der Waals surface area contributed by atoms with Crippen molar-refractivity contribution in [2.24, 2.45) is 0 Å². The lowest BCUT2D eigenvalue weighted by Gasteiger charge is -2.47. The van der Waals surface area contributed by atoms with E-state index in [-0.39, 0.29) is 17.2 Å². The SMILES string of the molecule is Cc1cc(N2CCc3c(nc(OCCCN4CCOCC4)nc3N3CCN(C(=O)OC(C)(C)C)CC3CO[Si](c3ccccc3)(c3ccccc3)C(C)(C)C)C2)c2ccccc2c1. The molecule has 3 aliphatic heterocycles. The maximum absolute atomic E-state index is 13.8. The Bertz CT molecular complexity index is 2290. The summed E-state index contributed by atoms with van der Waals surface area (Å²) in [6.07, 6.45) is 1.31. The van der Waals surface area contributed by atoms with Crippen LogP contribution in [0.1, 0.15) is 64.8 Å². The van der Waals surface area contributed by atoms with Crippen molar-refractivity contribution in [3.63, 3.8) is 0 Å². The topological polar surface area (TPSA) is 92.7 Å². The van der Waals surface area contributed by atoms with Crippen molar-refractivity contribution in [3.05, 3.63) is 114 Å². The van der Waals surface area contributed by atoms with E-state index in [0.717, 1.165) is 69.3 Å². The molecule has 5 aromatic rings. The molecule has 0 bridgehead atoms. The molecule has 3 aliphatic rings. The fraction of sp³-hybridized carbons (Fsp3) is 0.471. The summed E-state index contributed by atoms with van der Waals surface area (Å²) in [6.45, 7) is 23.0. The fourth-order valence-electron chi connectivity index (χ4n) is 9.62. The van der Waals surface area contributed by atoms with Crippen LogP contribution < -0.4 is 24.9 Å². The number of piperazine rings is 1. The maximum atomic E-state index is 13.8. The van der Waals surface area contributed by atoms with E-state index in [1.807, 2.05) is 25.7 Å². The van der Waals surface area contributed by atoms with Crippen molar-refractivity contribution < 1.29 is 23.4 Å². The average molecular weight is 871 g/mol. The number of hydrogen-bond acceptors (Lipinski definition) is 10. The highest BCUT2D eigenvalue weighted by Gasteiger charge is 2.51. The minimum absolute atomic E-state index is 0.222. The Morgan fingerprint density at radius 2 is 1.51 bits per heavy atom. The van der Waals surface area contributed by atoms with Crippen LogP contribution in [0.3, 0.4) is 0 Å². The molecule has 1 amide bonds. The number of amides is 1. The predicted molar refractivity (Wildman–Crippen MR) is 255 cm³/mol. The zero-order valence-electron chi connectivity index (χ0n) is 38.4. The number of benzene rings is 4. The smallest absolute Gasteiger partial charge is 0.410 e. The van der Waals surface area contributed by atoms with Crippen molar-refractivity contribution in [2.75, 3.05) is 82.0 Å². The minimum Gasteiger partial charge on any atom is -0.463 e. The van der Waals surface area contributed by atoms with E-state index in [9.17, 15) is 4.79 Å². The van der Waals surface area contributed by atoms with Gasteiger partial charge in [0.15, 0.2) is 0 Å². The highest BCUT2D eigenvalue weighted by molar-refractivity contribution is 6.99. The van der Waals surface area contributed by atoms with Crippen LogP contribution in [0, 0.1) is 6.92 Å². The highest BCUT2D eigenvalue weighted by Crippen LogP contribution is 2.39. The van der Waals surface area contributed by atoms with E-state index in [2.05, 4.69) is 139 Å². The standard InChI is InChI=1S/C51H66N6O5Si/c1-38-33-39-17-14-15-22-43(39)46(34-38)55-25-23-44-45(36-55)52-48(60-30-16-24-54-28-31-59-32-29-54)53-47(44)57-27-26-56(49(58)62-50(2,3)4)35-40(57)37-61-63(51(5,6)7,41-18-10-8-11-19-41)42-20-12-9-13-21-42/h8-15,17-22,33-34,40H,16,23-32,35-37H2,1-7H3. The van der Waals surface area contributed by atoms with E-state index >= 15 is 0 Å². The molecule has 0 spiro atoms. The first-order valence-corrected chi connectivity index (χ1v) is 24.8. The van der Waals surface area contributed by atoms with Gasteiger partial charge in [0, 0.05) is 62.5 Å². The Balaban J connectivity index is 1.17. The molecule has 4 aromatic carbocycles. The zero-order valence-corrected chi connectivity index (χ0v) is 39.4. The Morgan fingerprint density at radius 3 is 2.19 bits per heavy atom. The quantitative estimate of drug-likeness (QED) is 0.0923. The molecule has 4 heterocycles. The van der Waals surface area contributed by atoms with Crippen LogP contribution in [0.5, 0.6) is 6.01 Å². The van der Waals surface area contributed by atoms with Gasteiger partial charge in [-0.05, 0) is 73.0 Å². The number of hydrogen-bond donors (Lipinski definition) is 0. The lowest BCUT2D eigenvalue weighted by atomic mass is 10.00. The van der Waals surface area contributed by atoms with Crippen LogP contribution in [-0.4, -0.2) is 118 Å². The lowest BCUT2D eigenvalue weighted by Crippen LogP contribution is -2.68. The summed E-state index contributed by atoms with van der Waals surface area (Å²) in [5.74, 6) is 0.872. The van der Waals surface area contributed by atoms with Gasteiger partial charge in [0.25, 0.3) is 8.32 Å². The van der Waals surface area contributed by atoms with E-state index < -0.39 is 13.9 Å². The van der Waals surface area contributed by atoms with Gasteiger partial charge in [0.2, 0.25) is 0 Å². The Labute approximate surface area is 375 Å². The van der Waals surface area contributed by atoms with E-state index in [0.29, 0.717) is 45.4 Å². The molecule has 2 saturated heterocycles. The summed E-state index contributed by atoms with van der Waals surface area (Å²) in [5, 5.41) is 4.67. The van der Waals surface area contributed by atoms with Crippen LogP contribution in [0.2, 0.25) is 5.04 Å². The van der Waals surface area contributed by atoms with Gasteiger partial charge in [-0.3, -0.25) is 4.90 Å². The molecule has 63 heavy (non-hydrogen) atoms. The number of anilines is 2. The van der Waals surface area contributed by atoms with Gasteiger partial charge in [-0.1, -0.05) is 112 Å². The second kappa shape index (κ2) is 19.0. The molecule has 11 nitrogen and oxygen atoms in total. The number of carbonyl (C=O) groups is 1. The van der Waals surface area contributed by atoms with Crippen molar-refractivity contribution in [1.82, 2.24) is 19.8 Å². The number of morpholine rings is 1.